The molecular weight excluding hydrogens is 321 g/mol. The second kappa shape index (κ2) is 6.60. The fourth-order valence-electron chi connectivity index (χ4n) is 2.36. The van der Waals surface area contributed by atoms with Crippen molar-refractivity contribution in [2.75, 3.05) is 43.4 Å². The minimum atomic E-state index is -4.54. The first kappa shape index (κ1) is 16.4. The third-order valence-corrected chi connectivity index (χ3v) is 3.71. The van der Waals surface area contributed by atoms with Crippen molar-refractivity contribution in [3.8, 4) is 0 Å². The van der Waals surface area contributed by atoms with E-state index in [1.54, 1.807) is 29.3 Å². The molecule has 1 saturated heterocycles. The lowest BCUT2D eigenvalue weighted by Crippen LogP contribution is -2.45. The van der Waals surface area contributed by atoms with Gasteiger partial charge in [-0.15, -0.1) is 0 Å². The molecule has 2 aromatic rings. The Balaban J connectivity index is 1.92. The van der Waals surface area contributed by atoms with Crippen LogP contribution in [-0.2, 0) is 6.18 Å². The van der Waals surface area contributed by atoms with E-state index in [0.29, 0.717) is 18.9 Å². The zero-order valence-electron chi connectivity index (χ0n) is 13.1. The monoisotopic (exact) mass is 338 g/mol. The van der Waals surface area contributed by atoms with Crippen molar-refractivity contribution in [3.05, 3.63) is 36.2 Å². The van der Waals surface area contributed by atoms with Crippen molar-refractivity contribution in [3.63, 3.8) is 0 Å². The molecule has 2 aromatic heterocycles. The molecule has 9 heteroatoms. The van der Waals surface area contributed by atoms with E-state index in [4.69, 9.17) is 0 Å². The van der Waals surface area contributed by atoms with E-state index in [9.17, 15) is 13.2 Å². The Hall–Kier alpha value is -2.42. The van der Waals surface area contributed by atoms with Crippen molar-refractivity contribution < 1.29 is 13.2 Å². The molecule has 3 rings (SSSR count). The summed E-state index contributed by atoms with van der Waals surface area (Å²) in [6.07, 6.45) is -2.99. The van der Waals surface area contributed by atoms with Crippen molar-refractivity contribution >= 4 is 17.6 Å². The molecule has 24 heavy (non-hydrogen) atoms. The van der Waals surface area contributed by atoms with Crippen molar-refractivity contribution in [2.45, 2.75) is 6.18 Å². The molecule has 0 saturated carbocycles. The number of hydrogen-bond donors (Lipinski definition) is 1. The predicted molar refractivity (Wildman–Crippen MR) is 84.3 cm³/mol. The summed E-state index contributed by atoms with van der Waals surface area (Å²) in [6.45, 7) is 2.67. The number of alkyl halides is 3. The van der Waals surface area contributed by atoms with Crippen LogP contribution < -0.4 is 10.2 Å². The Kier molecular flexibility index (Phi) is 4.52. The van der Waals surface area contributed by atoms with E-state index in [1.165, 1.54) is 0 Å². The van der Waals surface area contributed by atoms with Gasteiger partial charge >= 0.3 is 6.18 Å². The molecule has 0 bridgehead atoms. The van der Waals surface area contributed by atoms with Crippen LogP contribution in [0, 0.1) is 0 Å². The zero-order chi connectivity index (χ0) is 17.2. The van der Waals surface area contributed by atoms with Gasteiger partial charge in [0.1, 0.15) is 11.6 Å². The Bertz CT molecular complexity index is 683. The van der Waals surface area contributed by atoms with Crippen molar-refractivity contribution in [1.29, 1.82) is 0 Å². The fourth-order valence-corrected chi connectivity index (χ4v) is 2.36. The zero-order valence-corrected chi connectivity index (χ0v) is 13.1. The normalized spacial score (nSPS) is 16.2. The molecule has 1 N–H and O–H groups in total. The number of likely N-dealkylation sites (N-methyl/N-ethyl adjacent to an activating group) is 1. The Labute approximate surface area is 137 Å². The highest BCUT2D eigenvalue weighted by Gasteiger charge is 2.34. The second-order valence-corrected chi connectivity index (χ2v) is 5.57. The highest BCUT2D eigenvalue weighted by atomic mass is 19.4. The Morgan fingerprint density at radius 3 is 2.42 bits per heavy atom. The average Bonchev–Trinajstić information content (AvgIpc) is 2.55. The summed E-state index contributed by atoms with van der Waals surface area (Å²) in [4.78, 5) is 15.9. The Morgan fingerprint density at radius 2 is 1.79 bits per heavy atom. The largest absolute Gasteiger partial charge is 0.433 e. The molecule has 1 aliphatic heterocycles. The topological polar surface area (TPSA) is 57.2 Å². The molecule has 0 spiro atoms. The molecule has 6 nitrogen and oxygen atoms in total. The number of piperazine rings is 1. The number of halogens is 3. The molecule has 0 atom stereocenters. The third-order valence-electron chi connectivity index (χ3n) is 3.71. The number of nitrogens with one attached hydrogen (secondary N) is 1. The van der Waals surface area contributed by atoms with Crippen LogP contribution in [0.1, 0.15) is 5.69 Å². The van der Waals surface area contributed by atoms with Gasteiger partial charge < -0.3 is 15.1 Å². The maximum absolute atomic E-state index is 13.2. The van der Waals surface area contributed by atoms with Gasteiger partial charge in [0.2, 0.25) is 5.95 Å². The third kappa shape index (κ3) is 3.91. The van der Waals surface area contributed by atoms with Gasteiger partial charge in [0.25, 0.3) is 0 Å². The first-order valence-electron chi connectivity index (χ1n) is 7.49. The van der Waals surface area contributed by atoms with Gasteiger partial charge in [-0.05, 0) is 19.2 Å². The van der Waals surface area contributed by atoms with E-state index in [0.717, 1.165) is 19.2 Å². The number of pyridine rings is 1. The number of rotatable bonds is 3. The second-order valence-electron chi connectivity index (χ2n) is 5.57. The van der Waals surface area contributed by atoms with E-state index < -0.39 is 11.9 Å². The summed E-state index contributed by atoms with van der Waals surface area (Å²) in [6, 6.07) is 6.02. The SMILES string of the molecule is CN1CCN(c2nc(Nc3ccccn3)cc(C(F)(F)F)n2)CC1. The molecular formula is C15H17F3N6. The number of hydrogen-bond acceptors (Lipinski definition) is 6. The van der Waals surface area contributed by atoms with Gasteiger partial charge in [-0.3, -0.25) is 0 Å². The van der Waals surface area contributed by atoms with E-state index in [1.807, 2.05) is 7.05 Å². The van der Waals surface area contributed by atoms with E-state index in [-0.39, 0.29) is 11.8 Å². The maximum atomic E-state index is 13.2. The van der Waals surface area contributed by atoms with Gasteiger partial charge in [-0.1, -0.05) is 6.07 Å². The first-order chi connectivity index (χ1) is 11.4. The summed E-state index contributed by atoms with van der Waals surface area (Å²) in [5.41, 5.74) is -0.968. The van der Waals surface area contributed by atoms with E-state index in [2.05, 4.69) is 25.2 Å². The Morgan fingerprint density at radius 1 is 1.04 bits per heavy atom. The van der Waals surface area contributed by atoms with Gasteiger partial charge in [0.15, 0.2) is 5.69 Å². The average molecular weight is 338 g/mol. The number of nitrogens with zero attached hydrogens (tertiary/aromatic N) is 5. The lowest BCUT2D eigenvalue weighted by molar-refractivity contribution is -0.141. The quantitative estimate of drug-likeness (QED) is 0.927. The van der Waals surface area contributed by atoms with Gasteiger partial charge in [-0.25, -0.2) is 9.97 Å². The molecule has 0 aliphatic carbocycles. The van der Waals surface area contributed by atoms with Crippen molar-refractivity contribution in [2.24, 2.45) is 0 Å². The molecule has 3 heterocycles. The summed E-state index contributed by atoms with van der Waals surface area (Å²) in [5, 5.41) is 2.81. The number of aromatic nitrogens is 3. The first-order valence-corrected chi connectivity index (χ1v) is 7.49. The minimum Gasteiger partial charge on any atom is -0.338 e. The summed E-state index contributed by atoms with van der Waals surface area (Å²) in [5.74, 6) is 0.579. The van der Waals surface area contributed by atoms with Crippen molar-refractivity contribution in [1.82, 2.24) is 19.9 Å². The van der Waals surface area contributed by atoms with Gasteiger partial charge in [0.05, 0.1) is 0 Å². The maximum Gasteiger partial charge on any atom is 0.433 e. The highest BCUT2D eigenvalue weighted by molar-refractivity contribution is 5.54. The van der Waals surface area contributed by atoms with Crippen LogP contribution in [-0.4, -0.2) is 53.1 Å². The molecule has 1 aliphatic rings. The lowest BCUT2D eigenvalue weighted by atomic mass is 10.3. The van der Waals surface area contributed by atoms with Gasteiger partial charge in [-0.2, -0.15) is 18.2 Å². The molecule has 0 radical (unpaired) electrons. The molecule has 128 valence electrons. The van der Waals surface area contributed by atoms with E-state index >= 15 is 0 Å². The number of anilines is 3. The van der Waals surface area contributed by atoms with Crippen LogP contribution in [0.4, 0.5) is 30.8 Å². The fraction of sp³-hybridized carbons (Fsp3) is 0.400. The van der Waals surface area contributed by atoms with Crippen LogP contribution in [0.5, 0.6) is 0 Å². The summed E-state index contributed by atoms with van der Waals surface area (Å²) < 4.78 is 39.5. The highest BCUT2D eigenvalue weighted by Crippen LogP contribution is 2.31. The van der Waals surface area contributed by atoms with Crippen LogP contribution in [0.3, 0.4) is 0 Å². The van der Waals surface area contributed by atoms with Crippen LogP contribution in [0.15, 0.2) is 30.5 Å². The van der Waals surface area contributed by atoms with Crippen LogP contribution in [0.25, 0.3) is 0 Å². The minimum absolute atomic E-state index is 0.0740. The van der Waals surface area contributed by atoms with Gasteiger partial charge in [0, 0.05) is 38.4 Å². The molecule has 0 amide bonds. The summed E-state index contributed by atoms with van der Waals surface area (Å²) in [7, 11) is 1.97. The predicted octanol–water partition coefficient (Wildman–Crippen LogP) is 2.39. The van der Waals surface area contributed by atoms with Crippen LogP contribution >= 0.6 is 0 Å². The smallest absolute Gasteiger partial charge is 0.338 e. The molecule has 1 fully saturated rings. The summed E-state index contributed by atoms with van der Waals surface area (Å²) >= 11 is 0. The standard InChI is InChI=1S/C15H17F3N6/c1-23-6-8-24(9-7-23)14-20-11(15(16,17)18)10-13(22-14)21-12-4-2-3-5-19-12/h2-5,10H,6-9H2,1H3,(H,19,20,21,22). The molecule has 0 unspecified atom stereocenters. The molecule has 0 aromatic carbocycles. The lowest BCUT2D eigenvalue weighted by Gasteiger charge is -2.32. The van der Waals surface area contributed by atoms with Crippen LogP contribution in [0.2, 0.25) is 0 Å².